The van der Waals surface area contributed by atoms with Crippen molar-refractivity contribution in [2.75, 3.05) is 6.61 Å². The van der Waals surface area contributed by atoms with E-state index >= 15 is 0 Å². The molecule has 3 N–H and O–H groups in total. The van der Waals surface area contributed by atoms with Crippen LogP contribution < -0.4 is 5.32 Å². The van der Waals surface area contributed by atoms with Gasteiger partial charge in [0.15, 0.2) is 0 Å². The first-order chi connectivity index (χ1) is 11.5. The zero-order chi connectivity index (χ0) is 17.5. The van der Waals surface area contributed by atoms with E-state index in [-0.39, 0.29) is 36.7 Å². The molecule has 0 aliphatic heterocycles. The Morgan fingerprint density at radius 3 is 2.50 bits per heavy atom. The molecule has 6 heteroatoms. The van der Waals surface area contributed by atoms with Gasteiger partial charge in [0.25, 0.3) is 0 Å². The second kappa shape index (κ2) is 8.40. The van der Waals surface area contributed by atoms with E-state index in [0.29, 0.717) is 6.42 Å². The summed E-state index contributed by atoms with van der Waals surface area (Å²) in [7, 11) is 0. The van der Waals surface area contributed by atoms with E-state index in [0.717, 1.165) is 23.8 Å². The molecule has 0 aliphatic carbocycles. The minimum atomic E-state index is -0.549. The third-order valence-electron chi connectivity index (χ3n) is 3.63. The van der Waals surface area contributed by atoms with Crippen LogP contribution >= 0.6 is 0 Å². The smallest absolute Gasteiger partial charge is 0.220 e. The van der Waals surface area contributed by atoms with Crippen LogP contribution in [0.4, 0.5) is 8.78 Å². The van der Waals surface area contributed by atoms with E-state index in [4.69, 9.17) is 0 Å². The highest BCUT2D eigenvalue weighted by atomic mass is 19.1. The van der Waals surface area contributed by atoms with Crippen molar-refractivity contribution in [1.82, 2.24) is 5.32 Å². The number of phenolic OH excluding ortho intramolecular Hbond substituents is 1. The number of aromatic hydroxyl groups is 1. The Hall–Kier alpha value is -2.47. The maximum atomic E-state index is 13.5. The van der Waals surface area contributed by atoms with Crippen LogP contribution in [0.1, 0.15) is 17.5 Å². The maximum Gasteiger partial charge on any atom is 0.220 e. The Morgan fingerprint density at radius 1 is 1.12 bits per heavy atom. The van der Waals surface area contributed by atoms with E-state index in [2.05, 4.69) is 5.32 Å². The molecule has 0 spiro atoms. The fourth-order valence-electron chi connectivity index (χ4n) is 2.36. The number of nitrogens with one attached hydrogen (secondary N) is 1. The summed E-state index contributed by atoms with van der Waals surface area (Å²) in [5.41, 5.74) is 0.993. The van der Waals surface area contributed by atoms with Crippen molar-refractivity contribution in [2.24, 2.45) is 0 Å². The SMILES string of the molecule is O=C(CCc1cc(F)ccc1F)N[C@H](CO)Cc1ccc(O)cc1. The molecule has 0 bridgehead atoms. The fraction of sp³-hybridized carbons (Fsp3) is 0.278. The monoisotopic (exact) mass is 335 g/mol. The molecule has 1 amide bonds. The van der Waals surface area contributed by atoms with Gasteiger partial charge in [-0.2, -0.15) is 0 Å². The standard InChI is InChI=1S/C18H19F2NO3/c19-14-4-7-17(20)13(10-14)3-8-18(24)21-15(11-22)9-12-1-5-16(23)6-2-12/h1-2,4-7,10,15,22-23H,3,8-9,11H2,(H,21,24)/t15-/m0/s1. The Kier molecular flexibility index (Phi) is 6.26. The molecule has 2 rings (SSSR count). The first-order valence-electron chi connectivity index (χ1n) is 7.60. The predicted octanol–water partition coefficient (Wildman–Crippen LogP) is 2.32. The zero-order valence-electron chi connectivity index (χ0n) is 13.0. The number of hydrogen-bond donors (Lipinski definition) is 3. The molecule has 2 aromatic rings. The van der Waals surface area contributed by atoms with E-state index < -0.39 is 17.7 Å². The molecule has 0 radical (unpaired) electrons. The van der Waals surface area contributed by atoms with Crippen LogP contribution in [0.3, 0.4) is 0 Å². The number of carbonyl (C=O) groups excluding carboxylic acids is 1. The number of carbonyl (C=O) groups is 1. The van der Waals surface area contributed by atoms with Gasteiger partial charge in [-0.3, -0.25) is 4.79 Å². The quantitative estimate of drug-likeness (QED) is 0.727. The molecule has 0 saturated heterocycles. The van der Waals surface area contributed by atoms with Crippen LogP contribution in [-0.4, -0.2) is 28.8 Å². The average Bonchev–Trinajstić information content (AvgIpc) is 2.57. The van der Waals surface area contributed by atoms with E-state index in [1.54, 1.807) is 12.1 Å². The largest absolute Gasteiger partial charge is 0.508 e. The minimum absolute atomic E-state index is 0.00749. The average molecular weight is 335 g/mol. The molecule has 0 aromatic heterocycles. The third-order valence-corrected chi connectivity index (χ3v) is 3.63. The van der Waals surface area contributed by atoms with Crippen molar-refractivity contribution < 1.29 is 23.8 Å². The zero-order valence-corrected chi connectivity index (χ0v) is 13.0. The molecule has 24 heavy (non-hydrogen) atoms. The summed E-state index contributed by atoms with van der Waals surface area (Å²) in [4.78, 5) is 11.9. The number of hydrogen-bond acceptors (Lipinski definition) is 3. The number of halogens is 2. The Balaban J connectivity index is 1.87. The number of phenols is 1. The summed E-state index contributed by atoms with van der Waals surface area (Å²) < 4.78 is 26.6. The van der Waals surface area contributed by atoms with Gasteiger partial charge in [0.05, 0.1) is 12.6 Å². The normalized spacial score (nSPS) is 12.0. The van der Waals surface area contributed by atoms with Crippen LogP contribution in [0.25, 0.3) is 0 Å². The van der Waals surface area contributed by atoms with Crippen molar-refractivity contribution in [3.8, 4) is 5.75 Å². The molecule has 0 aliphatic rings. The van der Waals surface area contributed by atoms with Crippen LogP contribution in [0.5, 0.6) is 5.75 Å². The van der Waals surface area contributed by atoms with Gasteiger partial charge in [0.1, 0.15) is 17.4 Å². The van der Waals surface area contributed by atoms with E-state index in [1.165, 1.54) is 12.1 Å². The summed E-state index contributed by atoms with van der Waals surface area (Å²) in [5.74, 6) is -1.31. The van der Waals surface area contributed by atoms with Crippen molar-refractivity contribution in [1.29, 1.82) is 0 Å². The van der Waals surface area contributed by atoms with Gasteiger partial charge in [0, 0.05) is 6.42 Å². The highest BCUT2D eigenvalue weighted by Gasteiger charge is 2.13. The van der Waals surface area contributed by atoms with Gasteiger partial charge in [-0.05, 0) is 54.3 Å². The summed E-state index contributed by atoms with van der Waals surface area (Å²) in [6.07, 6.45) is 0.468. The van der Waals surface area contributed by atoms with Crippen molar-refractivity contribution in [3.05, 3.63) is 65.2 Å². The lowest BCUT2D eigenvalue weighted by molar-refractivity contribution is -0.122. The molecule has 2 aromatic carbocycles. The third kappa shape index (κ3) is 5.31. The van der Waals surface area contributed by atoms with E-state index in [1.807, 2.05) is 0 Å². The number of aliphatic hydroxyl groups excluding tert-OH is 1. The first kappa shape index (κ1) is 17.9. The highest BCUT2D eigenvalue weighted by molar-refractivity contribution is 5.76. The first-order valence-corrected chi connectivity index (χ1v) is 7.60. The maximum absolute atomic E-state index is 13.5. The van der Waals surface area contributed by atoms with Crippen LogP contribution in [0, 0.1) is 11.6 Å². The summed E-state index contributed by atoms with van der Waals surface area (Å²) in [6, 6.07) is 9.10. The van der Waals surface area contributed by atoms with Crippen LogP contribution in [0.2, 0.25) is 0 Å². The number of rotatable bonds is 7. The molecule has 0 saturated carbocycles. The topological polar surface area (TPSA) is 69.6 Å². The summed E-state index contributed by atoms with van der Waals surface area (Å²) in [6.45, 7) is -0.249. The van der Waals surface area contributed by atoms with Gasteiger partial charge in [0.2, 0.25) is 5.91 Å². The molecule has 0 fully saturated rings. The Bertz CT molecular complexity index is 689. The van der Waals surface area contributed by atoms with Gasteiger partial charge < -0.3 is 15.5 Å². The van der Waals surface area contributed by atoms with Crippen molar-refractivity contribution in [2.45, 2.75) is 25.3 Å². The fourth-order valence-corrected chi connectivity index (χ4v) is 2.36. The van der Waals surface area contributed by atoms with Gasteiger partial charge in [-0.25, -0.2) is 8.78 Å². The summed E-state index contributed by atoms with van der Waals surface area (Å²) >= 11 is 0. The molecule has 0 unspecified atom stereocenters. The molecular formula is C18H19F2NO3. The molecule has 1 atom stereocenters. The van der Waals surface area contributed by atoms with Gasteiger partial charge in [-0.15, -0.1) is 0 Å². The number of amides is 1. The highest BCUT2D eigenvalue weighted by Crippen LogP contribution is 2.13. The lowest BCUT2D eigenvalue weighted by Crippen LogP contribution is -2.39. The Labute approximate surface area is 138 Å². The summed E-state index contributed by atoms with van der Waals surface area (Å²) in [5, 5.41) is 21.3. The lowest BCUT2D eigenvalue weighted by atomic mass is 10.1. The van der Waals surface area contributed by atoms with Crippen LogP contribution in [0.15, 0.2) is 42.5 Å². The van der Waals surface area contributed by atoms with E-state index in [9.17, 15) is 23.8 Å². The molecule has 0 heterocycles. The second-order valence-corrected chi connectivity index (χ2v) is 5.55. The predicted molar refractivity (Wildman–Crippen MR) is 85.5 cm³/mol. The number of aryl methyl sites for hydroxylation is 1. The molecule has 4 nitrogen and oxygen atoms in total. The molecule has 128 valence electrons. The van der Waals surface area contributed by atoms with Gasteiger partial charge >= 0.3 is 0 Å². The number of benzene rings is 2. The number of aliphatic hydroxyl groups is 1. The molecular weight excluding hydrogens is 316 g/mol. The lowest BCUT2D eigenvalue weighted by Gasteiger charge is -2.16. The van der Waals surface area contributed by atoms with Gasteiger partial charge in [-0.1, -0.05) is 12.1 Å². The minimum Gasteiger partial charge on any atom is -0.508 e. The Morgan fingerprint density at radius 2 is 1.83 bits per heavy atom. The van der Waals surface area contributed by atoms with Crippen molar-refractivity contribution >= 4 is 5.91 Å². The second-order valence-electron chi connectivity index (χ2n) is 5.55. The van der Waals surface area contributed by atoms with Crippen molar-refractivity contribution in [3.63, 3.8) is 0 Å². The van der Waals surface area contributed by atoms with Crippen LogP contribution in [-0.2, 0) is 17.6 Å².